The van der Waals surface area contributed by atoms with Crippen molar-refractivity contribution in [1.29, 1.82) is 0 Å². The number of fused-ring (bicyclic) bond motifs is 2. The zero-order valence-electron chi connectivity index (χ0n) is 16.5. The largest absolute Gasteiger partial charge is 0.373 e. The van der Waals surface area contributed by atoms with Crippen molar-refractivity contribution in [1.82, 2.24) is 24.6 Å². The lowest BCUT2D eigenvalue weighted by molar-refractivity contribution is -0.117. The van der Waals surface area contributed by atoms with Crippen LogP contribution in [0.3, 0.4) is 0 Å². The summed E-state index contributed by atoms with van der Waals surface area (Å²) in [6.07, 6.45) is 6.35. The highest BCUT2D eigenvalue weighted by atomic mass is 16.2. The Bertz CT molecular complexity index is 1260. The van der Waals surface area contributed by atoms with Crippen LogP contribution in [-0.2, 0) is 4.79 Å². The molecular weight excluding hydrogens is 366 g/mol. The Morgan fingerprint density at radius 3 is 2.79 bits per heavy atom. The summed E-state index contributed by atoms with van der Waals surface area (Å²) in [6, 6.07) is 5.81. The van der Waals surface area contributed by atoms with Crippen molar-refractivity contribution in [2.75, 3.05) is 17.7 Å². The minimum atomic E-state index is 0.0233. The van der Waals surface area contributed by atoms with Gasteiger partial charge in [0.1, 0.15) is 11.6 Å². The van der Waals surface area contributed by atoms with Gasteiger partial charge in [-0.05, 0) is 37.0 Å². The number of pyridine rings is 3. The van der Waals surface area contributed by atoms with Crippen molar-refractivity contribution in [2.45, 2.75) is 20.3 Å². The highest BCUT2D eigenvalue weighted by molar-refractivity contribution is 6.03. The first kappa shape index (κ1) is 17.5. The third-order valence-corrected chi connectivity index (χ3v) is 5.43. The van der Waals surface area contributed by atoms with Crippen molar-refractivity contribution in [2.24, 2.45) is 11.8 Å². The number of aryl methyl sites for hydroxylation is 1. The molecule has 2 atom stereocenters. The Hall–Kier alpha value is -3.55. The lowest BCUT2D eigenvalue weighted by Gasteiger charge is -2.10. The van der Waals surface area contributed by atoms with Gasteiger partial charge in [-0.1, -0.05) is 13.0 Å². The summed E-state index contributed by atoms with van der Waals surface area (Å²) < 4.78 is 1.76. The summed E-state index contributed by atoms with van der Waals surface area (Å²) in [5, 5.41) is 12.4. The maximum atomic E-state index is 12.3. The van der Waals surface area contributed by atoms with E-state index in [2.05, 4.69) is 37.6 Å². The van der Waals surface area contributed by atoms with Crippen LogP contribution in [-0.4, -0.2) is 37.5 Å². The van der Waals surface area contributed by atoms with Crippen molar-refractivity contribution >= 4 is 34.0 Å². The number of nitrogens with zero attached hydrogens (tertiary/aromatic N) is 5. The minimum absolute atomic E-state index is 0.0233. The van der Waals surface area contributed by atoms with Gasteiger partial charge in [0, 0.05) is 47.9 Å². The van der Waals surface area contributed by atoms with Gasteiger partial charge >= 0.3 is 0 Å². The molecule has 1 aliphatic carbocycles. The van der Waals surface area contributed by atoms with Gasteiger partial charge in [-0.3, -0.25) is 4.79 Å². The molecule has 0 saturated heterocycles. The molecular formula is C21H21N7O. The molecule has 1 saturated carbocycles. The fourth-order valence-electron chi connectivity index (χ4n) is 3.59. The van der Waals surface area contributed by atoms with Gasteiger partial charge in [0.15, 0.2) is 11.5 Å². The van der Waals surface area contributed by atoms with Crippen LogP contribution in [0.15, 0.2) is 36.8 Å². The van der Waals surface area contributed by atoms with Crippen LogP contribution in [0.1, 0.15) is 18.9 Å². The zero-order chi connectivity index (χ0) is 20.1. The predicted molar refractivity (Wildman–Crippen MR) is 112 cm³/mol. The Morgan fingerprint density at radius 1 is 1.21 bits per heavy atom. The molecule has 1 amide bonds. The Labute approximate surface area is 167 Å². The summed E-state index contributed by atoms with van der Waals surface area (Å²) in [4.78, 5) is 25.9. The number of carbonyl (C=O) groups excluding carboxylic acids is 1. The van der Waals surface area contributed by atoms with Crippen molar-refractivity contribution in [3.05, 3.63) is 42.4 Å². The molecule has 4 aromatic rings. The van der Waals surface area contributed by atoms with Crippen LogP contribution >= 0.6 is 0 Å². The minimum Gasteiger partial charge on any atom is -0.373 e. The highest BCUT2D eigenvalue weighted by Crippen LogP contribution is 2.38. The molecule has 2 N–H and O–H groups in total. The van der Waals surface area contributed by atoms with E-state index in [0.29, 0.717) is 23.4 Å². The monoisotopic (exact) mass is 387 g/mol. The first-order valence-corrected chi connectivity index (χ1v) is 9.64. The summed E-state index contributed by atoms with van der Waals surface area (Å²) in [5.41, 5.74) is 2.66. The van der Waals surface area contributed by atoms with Crippen LogP contribution in [0, 0.1) is 18.8 Å². The van der Waals surface area contributed by atoms with Crippen LogP contribution < -0.4 is 10.6 Å². The third kappa shape index (κ3) is 3.06. The molecule has 29 heavy (non-hydrogen) atoms. The van der Waals surface area contributed by atoms with E-state index in [0.717, 1.165) is 34.0 Å². The smallest absolute Gasteiger partial charge is 0.228 e. The first-order chi connectivity index (χ1) is 14.0. The molecule has 8 heteroatoms. The number of nitrogens with one attached hydrogen (secondary N) is 2. The van der Waals surface area contributed by atoms with Gasteiger partial charge in [0.05, 0.1) is 0 Å². The predicted octanol–water partition coefficient (Wildman–Crippen LogP) is 3.28. The van der Waals surface area contributed by atoms with E-state index in [1.54, 1.807) is 16.9 Å². The number of hydrogen-bond acceptors (Lipinski definition) is 6. The Balaban J connectivity index is 1.63. The number of rotatable bonds is 4. The molecule has 0 unspecified atom stereocenters. The maximum Gasteiger partial charge on any atom is 0.228 e. The van der Waals surface area contributed by atoms with Gasteiger partial charge in [-0.15, -0.1) is 5.10 Å². The molecule has 146 valence electrons. The molecule has 1 aliphatic rings. The second-order valence-corrected chi connectivity index (χ2v) is 7.64. The fraction of sp³-hybridized carbons (Fsp3) is 0.286. The quantitative estimate of drug-likeness (QED) is 0.558. The molecule has 0 aromatic carbocycles. The lowest BCUT2D eigenvalue weighted by atomic mass is 10.1. The van der Waals surface area contributed by atoms with Gasteiger partial charge in [0.25, 0.3) is 0 Å². The molecule has 1 fully saturated rings. The van der Waals surface area contributed by atoms with Crippen molar-refractivity contribution in [3.8, 4) is 11.4 Å². The summed E-state index contributed by atoms with van der Waals surface area (Å²) in [7, 11) is 1.82. The molecule has 5 rings (SSSR count). The van der Waals surface area contributed by atoms with Crippen LogP contribution in [0.5, 0.6) is 0 Å². The third-order valence-electron chi connectivity index (χ3n) is 5.43. The van der Waals surface area contributed by atoms with Gasteiger partial charge in [-0.2, -0.15) is 0 Å². The number of hydrogen-bond donors (Lipinski definition) is 2. The molecule has 0 radical (unpaired) electrons. The van der Waals surface area contributed by atoms with Crippen molar-refractivity contribution in [3.63, 3.8) is 0 Å². The number of amides is 1. The van der Waals surface area contributed by atoms with E-state index in [4.69, 9.17) is 0 Å². The average Bonchev–Trinajstić information content (AvgIpc) is 3.30. The molecule has 0 aliphatic heterocycles. The normalized spacial score (nSPS) is 18.2. The average molecular weight is 387 g/mol. The van der Waals surface area contributed by atoms with Crippen LogP contribution in [0.4, 0.5) is 11.6 Å². The van der Waals surface area contributed by atoms with E-state index < -0.39 is 0 Å². The van der Waals surface area contributed by atoms with Crippen LogP contribution in [0.25, 0.3) is 27.8 Å². The molecule has 0 bridgehead atoms. The number of aromatic nitrogens is 5. The summed E-state index contributed by atoms with van der Waals surface area (Å²) in [6.45, 7) is 4.10. The lowest BCUT2D eigenvalue weighted by Crippen LogP contribution is -2.15. The SMILES string of the molecule is CNc1ncc(-c2nc3ccc(C)cn3n2)c2cc(NC(=O)[C@H]3C[C@H]3C)ncc12. The topological polar surface area (TPSA) is 97.1 Å². The van der Waals surface area contributed by atoms with Gasteiger partial charge < -0.3 is 10.6 Å². The zero-order valence-corrected chi connectivity index (χ0v) is 16.5. The summed E-state index contributed by atoms with van der Waals surface area (Å²) in [5.74, 6) is 2.36. The van der Waals surface area contributed by atoms with Gasteiger partial charge in [0.2, 0.25) is 5.91 Å². The molecule has 0 spiro atoms. The fourth-order valence-corrected chi connectivity index (χ4v) is 3.59. The Kier molecular flexibility index (Phi) is 3.94. The number of anilines is 2. The number of carbonyl (C=O) groups is 1. The molecule has 4 aromatic heterocycles. The van der Waals surface area contributed by atoms with E-state index >= 15 is 0 Å². The van der Waals surface area contributed by atoms with E-state index in [-0.39, 0.29) is 11.8 Å². The van der Waals surface area contributed by atoms with Gasteiger partial charge in [-0.25, -0.2) is 19.5 Å². The second kappa shape index (κ2) is 6.51. The standard InChI is InChI=1S/C21H21N7O/c1-11-4-5-18-26-20(27-28(18)10-11)16-9-24-19(22-3)15-8-23-17(7-14(15)16)25-21(29)13-6-12(13)2/h4-5,7-10,12-13H,6H2,1-3H3,(H,22,24)(H,23,25,29)/t12-,13+/m1/s1. The van der Waals surface area contributed by atoms with E-state index in [1.165, 1.54) is 0 Å². The molecule has 4 heterocycles. The van der Waals surface area contributed by atoms with E-state index in [9.17, 15) is 4.79 Å². The second-order valence-electron chi connectivity index (χ2n) is 7.64. The molecule has 8 nitrogen and oxygen atoms in total. The first-order valence-electron chi connectivity index (χ1n) is 9.64. The van der Waals surface area contributed by atoms with Crippen molar-refractivity contribution < 1.29 is 4.79 Å². The Morgan fingerprint density at radius 2 is 2.03 bits per heavy atom. The summed E-state index contributed by atoms with van der Waals surface area (Å²) >= 11 is 0. The van der Waals surface area contributed by atoms with Crippen LogP contribution in [0.2, 0.25) is 0 Å². The maximum absolute atomic E-state index is 12.3. The highest BCUT2D eigenvalue weighted by Gasteiger charge is 2.39. The van der Waals surface area contributed by atoms with E-state index in [1.807, 2.05) is 38.4 Å².